The molecule has 1 unspecified atom stereocenters. The predicted molar refractivity (Wildman–Crippen MR) is 63.2 cm³/mol. The van der Waals surface area contributed by atoms with Crippen LogP contribution in [0.25, 0.3) is 0 Å². The van der Waals surface area contributed by atoms with E-state index >= 15 is 0 Å². The Morgan fingerprint density at radius 3 is 2.79 bits per heavy atom. The van der Waals surface area contributed by atoms with Crippen LogP contribution in [0.2, 0.25) is 0 Å². The van der Waals surface area contributed by atoms with Gasteiger partial charge in [-0.15, -0.1) is 0 Å². The van der Waals surface area contributed by atoms with Gasteiger partial charge in [0.25, 0.3) is 6.01 Å². The Morgan fingerprint density at radius 2 is 2.21 bits per heavy atom. The molecule has 1 rings (SSSR count). The molecule has 1 aromatic rings. The highest BCUT2D eigenvalue weighted by Gasteiger charge is 2.02. The molecular formula is C7H11N3OS3. The molecule has 0 aliphatic rings. The lowest BCUT2D eigenvalue weighted by molar-refractivity contribution is 0.288. The van der Waals surface area contributed by atoms with Crippen LogP contribution in [0.1, 0.15) is 13.3 Å². The molecule has 1 atom stereocenters. The van der Waals surface area contributed by atoms with Crippen LogP contribution < -0.4 is 4.74 Å². The zero-order valence-electron chi connectivity index (χ0n) is 7.61. The smallest absolute Gasteiger partial charge is 0.298 e. The predicted octanol–water partition coefficient (Wildman–Crippen LogP) is 2.28. The molecule has 0 spiro atoms. The van der Waals surface area contributed by atoms with Crippen molar-refractivity contribution in [2.45, 2.75) is 18.6 Å². The minimum absolute atomic E-state index is 0.191. The minimum atomic E-state index is 0.191. The number of aromatic amines is 2. The van der Waals surface area contributed by atoms with Crippen molar-refractivity contribution in [1.29, 1.82) is 0 Å². The van der Waals surface area contributed by atoms with Crippen molar-refractivity contribution in [3.8, 4) is 6.01 Å². The van der Waals surface area contributed by atoms with Gasteiger partial charge in [0.2, 0.25) is 4.77 Å². The second-order valence-electron chi connectivity index (χ2n) is 2.67. The average Bonchev–Trinajstić information content (AvgIpc) is 2.12. The summed E-state index contributed by atoms with van der Waals surface area (Å²) in [5, 5.41) is 0.191. The van der Waals surface area contributed by atoms with Gasteiger partial charge in [0, 0.05) is 5.25 Å². The standard InChI is InChI=1S/C7H11N3OS3/c1-2-4(12)3-11-5-8-6(13)10-7(14)9-5/h4,12H,2-3H2,1H3,(H2,8,9,10,13,14). The van der Waals surface area contributed by atoms with E-state index in [0.29, 0.717) is 22.2 Å². The summed E-state index contributed by atoms with van der Waals surface area (Å²) in [6, 6.07) is 0.339. The third kappa shape index (κ3) is 3.77. The maximum absolute atomic E-state index is 5.32. The Balaban J connectivity index is 2.68. The highest BCUT2D eigenvalue weighted by Crippen LogP contribution is 2.04. The second kappa shape index (κ2) is 5.47. The van der Waals surface area contributed by atoms with Gasteiger partial charge in [-0.2, -0.15) is 17.6 Å². The van der Waals surface area contributed by atoms with E-state index in [2.05, 4.69) is 27.6 Å². The molecule has 1 aromatic heterocycles. The maximum Gasteiger partial charge on any atom is 0.298 e. The quantitative estimate of drug-likeness (QED) is 0.566. The first kappa shape index (κ1) is 11.7. The Labute approximate surface area is 97.5 Å². The normalized spacial score (nSPS) is 12.4. The Kier molecular flexibility index (Phi) is 4.56. The molecule has 0 aromatic carbocycles. The fourth-order valence-electron chi connectivity index (χ4n) is 0.735. The summed E-state index contributed by atoms with van der Waals surface area (Å²) in [6.45, 7) is 2.52. The van der Waals surface area contributed by atoms with Crippen molar-refractivity contribution in [2.24, 2.45) is 0 Å². The van der Waals surface area contributed by atoms with Crippen molar-refractivity contribution in [2.75, 3.05) is 6.61 Å². The van der Waals surface area contributed by atoms with Gasteiger partial charge in [0.15, 0.2) is 4.77 Å². The lowest BCUT2D eigenvalue weighted by Gasteiger charge is -2.08. The molecular weight excluding hydrogens is 238 g/mol. The van der Waals surface area contributed by atoms with Crippen LogP contribution in [0.15, 0.2) is 0 Å². The molecule has 0 aliphatic heterocycles. The van der Waals surface area contributed by atoms with Crippen LogP contribution in [-0.4, -0.2) is 26.8 Å². The number of rotatable bonds is 4. The van der Waals surface area contributed by atoms with Crippen molar-refractivity contribution in [1.82, 2.24) is 15.0 Å². The fraction of sp³-hybridized carbons (Fsp3) is 0.571. The lowest BCUT2D eigenvalue weighted by atomic mass is 10.3. The molecule has 7 heteroatoms. The molecule has 0 bridgehead atoms. The third-order valence-corrected chi connectivity index (χ3v) is 2.44. The largest absolute Gasteiger partial charge is 0.464 e. The molecule has 1 heterocycles. The van der Waals surface area contributed by atoms with Crippen LogP contribution in [0.5, 0.6) is 6.01 Å². The highest BCUT2D eigenvalue weighted by atomic mass is 32.1. The molecule has 0 saturated heterocycles. The number of thiol groups is 1. The Morgan fingerprint density at radius 1 is 1.50 bits per heavy atom. The molecule has 0 aliphatic carbocycles. The van der Waals surface area contributed by atoms with Crippen LogP contribution >= 0.6 is 37.1 Å². The van der Waals surface area contributed by atoms with E-state index in [4.69, 9.17) is 29.2 Å². The summed E-state index contributed by atoms with van der Waals surface area (Å²) in [5.41, 5.74) is 0. The molecule has 0 fully saturated rings. The maximum atomic E-state index is 5.32. The monoisotopic (exact) mass is 249 g/mol. The number of hydrogen-bond donors (Lipinski definition) is 3. The van der Waals surface area contributed by atoms with Crippen LogP contribution in [0, 0.1) is 9.54 Å². The molecule has 0 radical (unpaired) electrons. The van der Waals surface area contributed by atoms with Crippen molar-refractivity contribution in [3.63, 3.8) is 0 Å². The summed E-state index contributed by atoms with van der Waals surface area (Å²) in [5.74, 6) is 0. The molecule has 0 saturated carbocycles. The van der Waals surface area contributed by atoms with E-state index in [-0.39, 0.29) is 5.25 Å². The van der Waals surface area contributed by atoms with Gasteiger partial charge in [-0.3, -0.25) is 4.98 Å². The van der Waals surface area contributed by atoms with Gasteiger partial charge in [0.1, 0.15) is 6.61 Å². The molecule has 14 heavy (non-hydrogen) atoms. The summed E-state index contributed by atoms with van der Waals surface area (Å²) in [7, 11) is 0. The summed E-state index contributed by atoms with van der Waals surface area (Å²) >= 11 is 14.0. The zero-order chi connectivity index (χ0) is 10.6. The average molecular weight is 249 g/mol. The van der Waals surface area contributed by atoms with E-state index in [1.54, 1.807) is 0 Å². The van der Waals surface area contributed by atoms with Crippen LogP contribution in [0.4, 0.5) is 0 Å². The molecule has 4 nitrogen and oxygen atoms in total. The van der Waals surface area contributed by atoms with Gasteiger partial charge in [-0.05, 0) is 30.9 Å². The number of ether oxygens (including phenoxy) is 1. The van der Waals surface area contributed by atoms with E-state index < -0.39 is 0 Å². The van der Waals surface area contributed by atoms with E-state index in [9.17, 15) is 0 Å². The van der Waals surface area contributed by atoms with Gasteiger partial charge in [0.05, 0.1) is 0 Å². The highest BCUT2D eigenvalue weighted by molar-refractivity contribution is 7.81. The number of hydrogen-bond acceptors (Lipinski definition) is 5. The molecule has 0 amide bonds. The van der Waals surface area contributed by atoms with Crippen molar-refractivity contribution < 1.29 is 4.74 Å². The summed E-state index contributed by atoms with van der Waals surface area (Å²) in [6.07, 6.45) is 0.934. The summed E-state index contributed by atoms with van der Waals surface area (Å²) in [4.78, 5) is 9.35. The van der Waals surface area contributed by atoms with Crippen LogP contribution in [0.3, 0.4) is 0 Å². The Hall–Kier alpha value is -0.400. The van der Waals surface area contributed by atoms with E-state index in [0.717, 1.165) is 6.42 Å². The first-order chi connectivity index (χ1) is 6.61. The molecule has 78 valence electrons. The fourth-order valence-corrected chi connectivity index (χ4v) is 1.24. The van der Waals surface area contributed by atoms with E-state index in [1.807, 2.05) is 6.92 Å². The zero-order valence-corrected chi connectivity index (χ0v) is 10.1. The van der Waals surface area contributed by atoms with Gasteiger partial charge < -0.3 is 9.72 Å². The SMILES string of the molecule is CCC(S)COc1nc(=S)[nH]c(=S)[nH]1. The Bertz CT molecular complexity index is 371. The van der Waals surface area contributed by atoms with Crippen molar-refractivity contribution in [3.05, 3.63) is 9.54 Å². The van der Waals surface area contributed by atoms with Gasteiger partial charge in [-0.25, -0.2) is 0 Å². The first-order valence-corrected chi connectivity index (χ1v) is 5.46. The summed E-state index contributed by atoms with van der Waals surface area (Å²) < 4.78 is 6.05. The number of aromatic nitrogens is 3. The third-order valence-electron chi connectivity index (χ3n) is 1.53. The number of nitrogens with zero attached hydrogens (tertiary/aromatic N) is 1. The first-order valence-electron chi connectivity index (χ1n) is 4.13. The van der Waals surface area contributed by atoms with Gasteiger partial charge in [-0.1, -0.05) is 6.92 Å². The topological polar surface area (TPSA) is 53.7 Å². The van der Waals surface area contributed by atoms with Crippen LogP contribution in [-0.2, 0) is 0 Å². The number of H-pyrrole nitrogens is 2. The second-order valence-corrected chi connectivity index (χ2v) is 4.20. The minimum Gasteiger partial charge on any atom is -0.464 e. The van der Waals surface area contributed by atoms with Crippen molar-refractivity contribution >= 4 is 37.1 Å². The number of nitrogens with one attached hydrogen (secondary N) is 2. The lowest BCUT2D eigenvalue weighted by Crippen LogP contribution is -2.12. The molecule has 2 N–H and O–H groups in total. The van der Waals surface area contributed by atoms with E-state index in [1.165, 1.54) is 0 Å². The van der Waals surface area contributed by atoms with Gasteiger partial charge >= 0.3 is 0 Å².